The third kappa shape index (κ3) is 4.68. The average molecular weight is 434 g/mol. The maximum absolute atomic E-state index is 6.35. The van der Waals surface area contributed by atoms with Gasteiger partial charge in [0.2, 0.25) is 5.28 Å². The number of fused-ring (bicyclic) bond motifs is 1. The molecule has 0 saturated carbocycles. The van der Waals surface area contributed by atoms with Crippen LogP contribution in [0, 0.1) is 0 Å². The molecule has 31 heavy (non-hydrogen) atoms. The van der Waals surface area contributed by atoms with Crippen LogP contribution < -0.4 is 10.2 Å². The summed E-state index contributed by atoms with van der Waals surface area (Å²) in [6, 6.07) is 21.4. The third-order valence-electron chi connectivity index (χ3n) is 6.31. The highest BCUT2D eigenvalue weighted by molar-refractivity contribution is 6.28. The Morgan fingerprint density at radius 2 is 1.61 bits per heavy atom. The molecule has 0 bridgehead atoms. The number of nitrogens with zero attached hydrogens (tertiary/aromatic N) is 4. The van der Waals surface area contributed by atoms with Gasteiger partial charge in [-0.25, -0.2) is 9.97 Å². The lowest BCUT2D eigenvalue weighted by Crippen LogP contribution is -2.33. The highest BCUT2D eigenvalue weighted by atomic mass is 35.5. The van der Waals surface area contributed by atoms with E-state index in [1.54, 1.807) is 0 Å². The summed E-state index contributed by atoms with van der Waals surface area (Å²) in [5.74, 6) is 0.865. The number of likely N-dealkylation sites (tertiary alicyclic amines) is 1. The van der Waals surface area contributed by atoms with Gasteiger partial charge in [0.1, 0.15) is 5.82 Å². The summed E-state index contributed by atoms with van der Waals surface area (Å²) in [6.45, 7) is 5.00. The van der Waals surface area contributed by atoms with Gasteiger partial charge >= 0.3 is 0 Å². The Kier molecular flexibility index (Phi) is 6.05. The predicted octanol–water partition coefficient (Wildman–Crippen LogP) is 4.94. The summed E-state index contributed by atoms with van der Waals surface area (Å²) < 4.78 is 0. The summed E-state index contributed by atoms with van der Waals surface area (Å²) in [4.78, 5) is 14.1. The second-order valence-electron chi connectivity index (χ2n) is 8.39. The number of benzene rings is 2. The van der Waals surface area contributed by atoms with Gasteiger partial charge in [-0.05, 0) is 55.2 Å². The molecule has 1 atom stereocenters. The summed E-state index contributed by atoms with van der Waals surface area (Å²) >= 11 is 6.35. The Labute approximate surface area is 189 Å². The second-order valence-corrected chi connectivity index (χ2v) is 8.73. The van der Waals surface area contributed by atoms with Crippen molar-refractivity contribution in [1.29, 1.82) is 0 Å². The van der Waals surface area contributed by atoms with E-state index in [4.69, 9.17) is 11.6 Å². The van der Waals surface area contributed by atoms with Crippen LogP contribution in [0.4, 0.5) is 11.5 Å². The summed E-state index contributed by atoms with van der Waals surface area (Å²) in [7, 11) is 0. The lowest BCUT2D eigenvalue weighted by molar-refractivity contribution is 0.323. The zero-order valence-electron chi connectivity index (χ0n) is 17.7. The Hall–Kier alpha value is -2.63. The predicted molar refractivity (Wildman–Crippen MR) is 127 cm³/mol. The van der Waals surface area contributed by atoms with E-state index in [1.165, 1.54) is 24.1 Å². The summed E-state index contributed by atoms with van der Waals surface area (Å²) in [5, 5.41) is 4.08. The quantitative estimate of drug-likeness (QED) is 0.557. The van der Waals surface area contributed by atoms with Gasteiger partial charge in [-0.15, -0.1) is 0 Å². The van der Waals surface area contributed by atoms with Crippen LogP contribution in [0.15, 0.2) is 60.7 Å². The van der Waals surface area contributed by atoms with Gasteiger partial charge in [0.05, 0.1) is 11.7 Å². The van der Waals surface area contributed by atoms with E-state index in [0.717, 1.165) is 56.2 Å². The first-order valence-corrected chi connectivity index (χ1v) is 11.5. The van der Waals surface area contributed by atoms with E-state index in [0.29, 0.717) is 5.28 Å². The van der Waals surface area contributed by atoms with Gasteiger partial charge < -0.3 is 15.1 Å². The molecule has 0 spiro atoms. The summed E-state index contributed by atoms with van der Waals surface area (Å²) in [6.07, 6.45) is 3.42. The molecular weight excluding hydrogens is 406 g/mol. The van der Waals surface area contributed by atoms with Crippen LogP contribution in [0.2, 0.25) is 5.28 Å². The minimum Gasteiger partial charge on any atom is -0.367 e. The van der Waals surface area contributed by atoms with E-state index in [2.05, 4.69) is 85.7 Å². The number of halogens is 1. The van der Waals surface area contributed by atoms with Crippen LogP contribution in [0.3, 0.4) is 0 Å². The molecule has 5 rings (SSSR count). The number of aromatic nitrogens is 2. The molecule has 160 valence electrons. The van der Waals surface area contributed by atoms with Crippen LogP contribution in [0.1, 0.15) is 35.7 Å². The topological polar surface area (TPSA) is 44.3 Å². The molecule has 6 heteroatoms. The molecule has 1 aromatic heterocycles. The average Bonchev–Trinajstić information content (AvgIpc) is 3.33. The van der Waals surface area contributed by atoms with Gasteiger partial charge in [0.15, 0.2) is 0 Å². The van der Waals surface area contributed by atoms with Crippen molar-refractivity contribution < 1.29 is 0 Å². The minimum atomic E-state index is 0.154. The molecule has 3 heterocycles. The molecule has 1 fully saturated rings. The first-order valence-electron chi connectivity index (χ1n) is 11.2. The Bertz CT molecular complexity index is 1010. The zero-order chi connectivity index (χ0) is 21.0. The number of para-hydroxylation sites is 1. The smallest absolute Gasteiger partial charge is 0.224 e. The molecule has 0 amide bonds. The van der Waals surface area contributed by atoms with Gasteiger partial charge in [-0.1, -0.05) is 48.5 Å². The fraction of sp³-hybridized carbons (Fsp3) is 0.360. The standard InChI is InChI=1S/C25H28ClN5/c26-25-28-22-13-16-31(20-11-5-2-6-12-20)17-21(22)24(29-25)27-23(18-30-14-7-8-15-30)19-9-3-1-4-10-19/h1-6,9-12,23H,7-8,13-18H2,(H,27,28,29)/t23-/m0/s1. The lowest BCUT2D eigenvalue weighted by Gasteiger charge is -2.32. The highest BCUT2D eigenvalue weighted by Gasteiger charge is 2.25. The number of anilines is 2. The molecule has 2 aromatic carbocycles. The number of hydrogen-bond acceptors (Lipinski definition) is 5. The van der Waals surface area contributed by atoms with E-state index in [1.807, 2.05) is 0 Å². The normalized spacial score (nSPS) is 17.4. The summed E-state index contributed by atoms with van der Waals surface area (Å²) in [5.41, 5.74) is 4.71. The van der Waals surface area contributed by atoms with Crippen LogP contribution in [-0.4, -0.2) is 41.0 Å². The first kappa shape index (κ1) is 20.3. The van der Waals surface area contributed by atoms with Crippen molar-refractivity contribution in [1.82, 2.24) is 14.9 Å². The van der Waals surface area contributed by atoms with Crippen molar-refractivity contribution in [3.05, 3.63) is 82.8 Å². The molecule has 2 aliphatic heterocycles. The highest BCUT2D eigenvalue weighted by Crippen LogP contribution is 2.31. The van der Waals surface area contributed by atoms with E-state index >= 15 is 0 Å². The van der Waals surface area contributed by atoms with E-state index < -0.39 is 0 Å². The first-order chi connectivity index (χ1) is 15.3. The second kappa shape index (κ2) is 9.25. The van der Waals surface area contributed by atoms with Crippen LogP contribution >= 0.6 is 11.6 Å². The van der Waals surface area contributed by atoms with Crippen LogP contribution in [0.5, 0.6) is 0 Å². The van der Waals surface area contributed by atoms with Crippen molar-refractivity contribution in [2.45, 2.75) is 31.8 Å². The molecule has 0 unspecified atom stereocenters. The molecule has 0 aliphatic carbocycles. The SMILES string of the molecule is Clc1nc2c(c(N[C@@H](CN3CCCC3)c3ccccc3)n1)CN(c1ccccc1)CC2. The monoisotopic (exact) mass is 433 g/mol. The van der Waals surface area contributed by atoms with Gasteiger partial charge in [-0.3, -0.25) is 0 Å². The molecular formula is C25H28ClN5. The molecule has 3 aromatic rings. The van der Waals surface area contributed by atoms with Crippen molar-refractivity contribution in [3.8, 4) is 0 Å². The number of nitrogens with one attached hydrogen (secondary N) is 1. The van der Waals surface area contributed by atoms with Gasteiger partial charge in [-0.2, -0.15) is 0 Å². The Balaban J connectivity index is 1.45. The number of rotatable bonds is 6. The Morgan fingerprint density at radius 3 is 2.35 bits per heavy atom. The van der Waals surface area contributed by atoms with E-state index in [9.17, 15) is 0 Å². The molecule has 2 aliphatic rings. The van der Waals surface area contributed by atoms with Crippen LogP contribution in [-0.2, 0) is 13.0 Å². The van der Waals surface area contributed by atoms with Crippen molar-refractivity contribution in [2.75, 3.05) is 36.4 Å². The largest absolute Gasteiger partial charge is 0.367 e. The fourth-order valence-corrected chi connectivity index (χ4v) is 4.86. The molecule has 1 N–H and O–H groups in total. The van der Waals surface area contributed by atoms with Crippen molar-refractivity contribution >= 4 is 23.1 Å². The molecule has 5 nitrogen and oxygen atoms in total. The van der Waals surface area contributed by atoms with Gasteiger partial charge in [0, 0.05) is 37.3 Å². The maximum Gasteiger partial charge on any atom is 0.224 e. The number of hydrogen-bond donors (Lipinski definition) is 1. The van der Waals surface area contributed by atoms with Crippen molar-refractivity contribution in [2.24, 2.45) is 0 Å². The van der Waals surface area contributed by atoms with Crippen LogP contribution in [0.25, 0.3) is 0 Å². The minimum absolute atomic E-state index is 0.154. The lowest BCUT2D eigenvalue weighted by atomic mass is 10.0. The maximum atomic E-state index is 6.35. The van der Waals surface area contributed by atoms with Crippen molar-refractivity contribution in [3.63, 3.8) is 0 Å². The molecule has 1 saturated heterocycles. The zero-order valence-corrected chi connectivity index (χ0v) is 18.4. The van der Waals surface area contributed by atoms with Gasteiger partial charge in [0.25, 0.3) is 0 Å². The third-order valence-corrected chi connectivity index (χ3v) is 6.48. The van der Waals surface area contributed by atoms with E-state index in [-0.39, 0.29) is 6.04 Å². The molecule has 0 radical (unpaired) electrons. The fourth-order valence-electron chi connectivity index (χ4n) is 4.67. The Morgan fingerprint density at radius 1 is 0.903 bits per heavy atom.